The highest BCUT2D eigenvalue weighted by atomic mass is 19.1. The van der Waals surface area contributed by atoms with Gasteiger partial charge in [0.05, 0.1) is 6.54 Å². The van der Waals surface area contributed by atoms with Crippen molar-refractivity contribution in [3.63, 3.8) is 0 Å². The maximum Gasteiger partial charge on any atom is 0.231 e. The molecular weight excluding hydrogens is 235 g/mol. The summed E-state index contributed by atoms with van der Waals surface area (Å²) in [5, 5.41) is 9.60. The maximum absolute atomic E-state index is 13.2. The molecule has 0 aromatic heterocycles. The number of phenols is 1. The van der Waals surface area contributed by atoms with Crippen LogP contribution in [0.15, 0.2) is 18.2 Å². The Morgan fingerprint density at radius 2 is 2.17 bits per heavy atom. The number of nitrogens with zero attached hydrogens (tertiary/aromatic N) is 1. The van der Waals surface area contributed by atoms with Crippen LogP contribution in [0.5, 0.6) is 5.75 Å². The predicted octanol–water partition coefficient (Wildman–Crippen LogP) is 1.47. The molecule has 4 nitrogen and oxygen atoms in total. The van der Waals surface area contributed by atoms with Gasteiger partial charge in [0.2, 0.25) is 5.91 Å². The van der Waals surface area contributed by atoms with Gasteiger partial charge in [0, 0.05) is 18.7 Å². The first-order chi connectivity index (χ1) is 8.40. The van der Waals surface area contributed by atoms with Crippen molar-refractivity contribution in [2.45, 2.75) is 20.4 Å². The number of hydrogen-bond donors (Lipinski definition) is 2. The molecule has 0 radical (unpaired) electrons. The third kappa shape index (κ3) is 4.33. The first-order valence-electron chi connectivity index (χ1n) is 5.87. The molecule has 100 valence electrons. The molecule has 1 rings (SSSR count). The first-order valence-corrected chi connectivity index (χ1v) is 5.87. The van der Waals surface area contributed by atoms with Crippen molar-refractivity contribution in [2.75, 3.05) is 13.1 Å². The molecule has 0 bridgehead atoms. The van der Waals surface area contributed by atoms with Crippen LogP contribution in [0.3, 0.4) is 0 Å². The predicted molar refractivity (Wildman–Crippen MR) is 67.4 cm³/mol. The fourth-order valence-electron chi connectivity index (χ4n) is 1.85. The van der Waals surface area contributed by atoms with E-state index >= 15 is 0 Å². The number of phenolic OH excluding ortho intramolecular Hbond substituents is 1. The lowest BCUT2D eigenvalue weighted by molar-refractivity contribution is -0.119. The zero-order chi connectivity index (χ0) is 13.7. The summed E-state index contributed by atoms with van der Waals surface area (Å²) in [7, 11) is 0. The van der Waals surface area contributed by atoms with Gasteiger partial charge in [-0.25, -0.2) is 4.39 Å². The SMILES string of the molecule is CC(C)CN(CC(N)=O)Cc1cccc(F)c1O. The molecule has 0 aliphatic heterocycles. The van der Waals surface area contributed by atoms with Crippen LogP contribution in [-0.2, 0) is 11.3 Å². The van der Waals surface area contributed by atoms with Crippen molar-refractivity contribution >= 4 is 5.91 Å². The number of carbonyl (C=O) groups excluding carboxylic acids is 1. The number of halogens is 1. The molecule has 0 saturated carbocycles. The van der Waals surface area contributed by atoms with E-state index in [-0.39, 0.29) is 12.3 Å². The minimum absolute atomic E-state index is 0.0914. The monoisotopic (exact) mass is 254 g/mol. The number of amides is 1. The minimum Gasteiger partial charge on any atom is -0.505 e. The Hall–Kier alpha value is -1.62. The summed E-state index contributed by atoms with van der Waals surface area (Å²) in [6.07, 6.45) is 0. The first kappa shape index (κ1) is 14.4. The van der Waals surface area contributed by atoms with Crippen LogP contribution in [0, 0.1) is 11.7 Å². The Bertz CT molecular complexity index is 421. The van der Waals surface area contributed by atoms with E-state index < -0.39 is 11.7 Å². The van der Waals surface area contributed by atoms with E-state index in [9.17, 15) is 14.3 Å². The second-order valence-electron chi connectivity index (χ2n) is 4.78. The van der Waals surface area contributed by atoms with E-state index in [1.54, 1.807) is 11.0 Å². The molecule has 0 atom stereocenters. The van der Waals surface area contributed by atoms with Gasteiger partial charge in [0.1, 0.15) is 0 Å². The van der Waals surface area contributed by atoms with Gasteiger partial charge in [-0.05, 0) is 12.0 Å². The zero-order valence-corrected chi connectivity index (χ0v) is 10.7. The minimum atomic E-state index is -0.656. The van der Waals surface area contributed by atoms with Gasteiger partial charge in [-0.15, -0.1) is 0 Å². The molecule has 0 aliphatic rings. The van der Waals surface area contributed by atoms with Crippen LogP contribution < -0.4 is 5.73 Å². The molecule has 3 N–H and O–H groups in total. The number of rotatable bonds is 6. The van der Waals surface area contributed by atoms with Crippen molar-refractivity contribution in [3.8, 4) is 5.75 Å². The number of nitrogens with two attached hydrogens (primary N) is 1. The van der Waals surface area contributed by atoms with Gasteiger partial charge in [0.15, 0.2) is 11.6 Å². The summed E-state index contributed by atoms with van der Waals surface area (Å²) < 4.78 is 13.2. The lowest BCUT2D eigenvalue weighted by atomic mass is 10.1. The quantitative estimate of drug-likeness (QED) is 0.808. The zero-order valence-electron chi connectivity index (χ0n) is 10.7. The van der Waals surface area contributed by atoms with Crippen molar-refractivity contribution in [3.05, 3.63) is 29.6 Å². The molecule has 0 saturated heterocycles. The summed E-state index contributed by atoms with van der Waals surface area (Å²) in [4.78, 5) is 12.8. The number of carbonyl (C=O) groups is 1. The van der Waals surface area contributed by atoms with E-state index in [2.05, 4.69) is 0 Å². The van der Waals surface area contributed by atoms with Crippen molar-refractivity contribution in [1.82, 2.24) is 4.90 Å². The van der Waals surface area contributed by atoms with Gasteiger partial charge in [-0.3, -0.25) is 9.69 Å². The van der Waals surface area contributed by atoms with Gasteiger partial charge >= 0.3 is 0 Å². The smallest absolute Gasteiger partial charge is 0.231 e. The van der Waals surface area contributed by atoms with Gasteiger partial charge in [-0.1, -0.05) is 26.0 Å². The highest BCUT2D eigenvalue weighted by Crippen LogP contribution is 2.22. The normalized spacial score (nSPS) is 11.2. The maximum atomic E-state index is 13.2. The Balaban J connectivity index is 2.81. The summed E-state index contributed by atoms with van der Waals surface area (Å²) in [6, 6.07) is 4.36. The van der Waals surface area contributed by atoms with Crippen LogP contribution in [-0.4, -0.2) is 29.0 Å². The van der Waals surface area contributed by atoms with Gasteiger partial charge < -0.3 is 10.8 Å². The Kier molecular flexibility index (Phi) is 5.09. The molecule has 0 unspecified atom stereocenters. The average Bonchev–Trinajstić information content (AvgIpc) is 2.23. The van der Waals surface area contributed by atoms with E-state index in [1.807, 2.05) is 13.8 Å². The molecule has 0 heterocycles. The number of para-hydroxylation sites is 1. The van der Waals surface area contributed by atoms with Crippen LogP contribution in [0.4, 0.5) is 4.39 Å². The van der Waals surface area contributed by atoms with E-state index in [0.29, 0.717) is 24.6 Å². The number of aromatic hydroxyl groups is 1. The van der Waals surface area contributed by atoms with E-state index in [4.69, 9.17) is 5.73 Å². The molecule has 5 heteroatoms. The topological polar surface area (TPSA) is 66.6 Å². The van der Waals surface area contributed by atoms with Crippen LogP contribution >= 0.6 is 0 Å². The van der Waals surface area contributed by atoms with Crippen molar-refractivity contribution in [2.24, 2.45) is 11.7 Å². The molecule has 0 fully saturated rings. The third-order valence-corrected chi connectivity index (χ3v) is 2.47. The summed E-state index contributed by atoms with van der Waals surface area (Å²) >= 11 is 0. The van der Waals surface area contributed by atoms with Crippen LogP contribution in [0.2, 0.25) is 0 Å². The molecule has 1 amide bonds. The standard InChI is InChI=1S/C13H19FN2O2/c1-9(2)6-16(8-12(15)17)7-10-4-3-5-11(14)13(10)18/h3-5,9,18H,6-8H2,1-2H3,(H2,15,17). The highest BCUT2D eigenvalue weighted by Gasteiger charge is 2.14. The molecular formula is C13H19FN2O2. The Morgan fingerprint density at radius 3 is 2.72 bits per heavy atom. The van der Waals surface area contributed by atoms with E-state index in [1.165, 1.54) is 12.1 Å². The van der Waals surface area contributed by atoms with Crippen molar-refractivity contribution in [1.29, 1.82) is 0 Å². The van der Waals surface area contributed by atoms with Crippen LogP contribution in [0.1, 0.15) is 19.4 Å². The second kappa shape index (κ2) is 6.35. The number of hydrogen-bond acceptors (Lipinski definition) is 3. The molecule has 0 aliphatic carbocycles. The fourth-order valence-corrected chi connectivity index (χ4v) is 1.85. The largest absolute Gasteiger partial charge is 0.505 e. The fraction of sp³-hybridized carbons (Fsp3) is 0.462. The van der Waals surface area contributed by atoms with Gasteiger partial charge in [0.25, 0.3) is 0 Å². The lowest BCUT2D eigenvalue weighted by Crippen LogP contribution is -2.35. The Labute approximate surface area is 106 Å². The summed E-state index contributed by atoms with van der Waals surface area (Å²) in [5.74, 6) is -1.11. The average molecular weight is 254 g/mol. The van der Waals surface area contributed by atoms with Gasteiger partial charge in [-0.2, -0.15) is 0 Å². The summed E-state index contributed by atoms with van der Waals surface area (Å²) in [5.41, 5.74) is 5.63. The number of benzene rings is 1. The van der Waals surface area contributed by atoms with Crippen LogP contribution in [0.25, 0.3) is 0 Å². The Morgan fingerprint density at radius 1 is 1.50 bits per heavy atom. The lowest BCUT2D eigenvalue weighted by Gasteiger charge is -2.23. The summed E-state index contributed by atoms with van der Waals surface area (Å²) in [6.45, 7) is 5.07. The molecule has 18 heavy (non-hydrogen) atoms. The second-order valence-corrected chi connectivity index (χ2v) is 4.78. The molecule has 1 aromatic carbocycles. The molecule has 1 aromatic rings. The molecule has 0 spiro atoms. The number of primary amides is 1. The highest BCUT2D eigenvalue weighted by molar-refractivity contribution is 5.75. The third-order valence-electron chi connectivity index (χ3n) is 2.47. The van der Waals surface area contributed by atoms with E-state index in [0.717, 1.165) is 0 Å². The van der Waals surface area contributed by atoms with Crippen molar-refractivity contribution < 1.29 is 14.3 Å².